The van der Waals surface area contributed by atoms with Gasteiger partial charge in [0.2, 0.25) is 0 Å². The maximum absolute atomic E-state index is 10.9. The molecule has 2 aromatic rings. The fourth-order valence-corrected chi connectivity index (χ4v) is 2.58. The van der Waals surface area contributed by atoms with Gasteiger partial charge in [0.25, 0.3) is 0 Å². The second-order valence-electron chi connectivity index (χ2n) is 6.53. The molecule has 0 radical (unpaired) electrons. The molecule has 3 rings (SSSR count). The largest absolute Gasteiger partial charge is 0.495 e. The van der Waals surface area contributed by atoms with Crippen LogP contribution in [0.5, 0.6) is 0 Å². The Balaban J connectivity index is 2.08. The Morgan fingerprint density at radius 1 is 1.00 bits per heavy atom. The zero-order valence-electron chi connectivity index (χ0n) is 12.8. The number of aldehydes is 1. The van der Waals surface area contributed by atoms with E-state index in [1.807, 2.05) is 64.1 Å². The van der Waals surface area contributed by atoms with Crippen molar-refractivity contribution in [3.05, 3.63) is 42.0 Å². The molecule has 108 valence electrons. The van der Waals surface area contributed by atoms with Crippen LogP contribution in [0.2, 0.25) is 0 Å². The van der Waals surface area contributed by atoms with E-state index in [1.165, 1.54) is 0 Å². The zero-order valence-corrected chi connectivity index (χ0v) is 12.8. The van der Waals surface area contributed by atoms with Crippen LogP contribution in [0.1, 0.15) is 38.1 Å². The van der Waals surface area contributed by atoms with Gasteiger partial charge < -0.3 is 9.31 Å². The lowest BCUT2D eigenvalue weighted by molar-refractivity contribution is 0.00578. The van der Waals surface area contributed by atoms with Gasteiger partial charge in [0.15, 0.2) is 0 Å². The van der Waals surface area contributed by atoms with Crippen LogP contribution in [0.4, 0.5) is 0 Å². The van der Waals surface area contributed by atoms with Gasteiger partial charge in [0.1, 0.15) is 6.29 Å². The summed E-state index contributed by atoms with van der Waals surface area (Å²) in [6.45, 7) is 8.18. The highest BCUT2D eigenvalue weighted by molar-refractivity contribution is 6.65. The predicted molar refractivity (Wildman–Crippen MR) is 85.1 cm³/mol. The highest BCUT2D eigenvalue weighted by atomic mass is 16.7. The Morgan fingerprint density at radius 3 is 2.29 bits per heavy atom. The second-order valence-corrected chi connectivity index (χ2v) is 6.53. The molecule has 21 heavy (non-hydrogen) atoms. The Morgan fingerprint density at radius 2 is 1.67 bits per heavy atom. The molecule has 0 atom stereocenters. The smallest absolute Gasteiger partial charge is 0.399 e. The minimum Gasteiger partial charge on any atom is -0.399 e. The Labute approximate surface area is 125 Å². The van der Waals surface area contributed by atoms with E-state index in [-0.39, 0.29) is 18.3 Å². The number of hydrogen-bond donors (Lipinski definition) is 0. The summed E-state index contributed by atoms with van der Waals surface area (Å²) in [6.07, 6.45) is 0.862. The van der Waals surface area contributed by atoms with Gasteiger partial charge in [-0.05, 0) is 50.0 Å². The number of carbonyl (C=O) groups excluding carboxylic acids is 1. The Hall–Kier alpha value is -1.65. The third kappa shape index (κ3) is 2.28. The quantitative estimate of drug-likeness (QED) is 0.627. The standard InChI is InChI=1S/C17H19BO3/c1-16(2)17(3,4)21-18(20-16)15-7-5-6-13-10-12(11-19)8-9-14(13)15/h5-11H,1-4H3. The molecule has 3 nitrogen and oxygen atoms in total. The van der Waals surface area contributed by atoms with Crippen LogP contribution in [0.15, 0.2) is 36.4 Å². The summed E-state index contributed by atoms with van der Waals surface area (Å²) < 4.78 is 12.2. The first-order chi connectivity index (χ1) is 9.84. The van der Waals surface area contributed by atoms with Crippen molar-refractivity contribution in [3.8, 4) is 0 Å². The lowest BCUT2D eigenvalue weighted by Crippen LogP contribution is -2.41. The van der Waals surface area contributed by atoms with E-state index in [0.29, 0.717) is 5.56 Å². The molecule has 0 aromatic heterocycles. The van der Waals surface area contributed by atoms with Crippen molar-refractivity contribution in [2.24, 2.45) is 0 Å². The van der Waals surface area contributed by atoms with Gasteiger partial charge in [-0.3, -0.25) is 4.79 Å². The van der Waals surface area contributed by atoms with E-state index >= 15 is 0 Å². The molecule has 0 unspecified atom stereocenters. The predicted octanol–water partition coefficient (Wildman–Crippen LogP) is 2.95. The molecule has 0 bridgehead atoms. The summed E-state index contributed by atoms with van der Waals surface area (Å²) in [5, 5.41) is 2.08. The van der Waals surface area contributed by atoms with E-state index in [0.717, 1.165) is 22.5 Å². The average Bonchev–Trinajstić information content (AvgIpc) is 2.66. The topological polar surface area (TPSA) is 35.5 Å². The molecular formula is C17H19BO3. The number of carbonyl (C=O) groups is 1. The van der Waals surface area contributed by atoms with Crippen LogP contribution in [-0.4, -0.2) is 24.6 Å². The Bertz CT molecular complexity index is 690. The molecule has 1 aliphatic rings. The summed E-state index contributed by atoms with van der Waals surface area (Å²) in [6, 6.07) is 11.7. The van der Waals surface area contributed by atoms with Crippen LogP contribution < -0.4 is 5.46 Å². The third-order valence-corrected chi connectivity index (χ3v) is 4.58. The van der Waals surface area contributed by atoms with Crippen LogP contribution in [0.3, 0.4) is 0 Å². The van der Waals surface area contributed by atoms with Crippen molar-refractivity contribution < 1.29 is 14.1 Å². The van der Waals surface area contributed by atoms with E-state index in [1.54, 1.807) is 0 Å². The molecule has 4 heteroatoms. The molecular weight excluding hydrogens is 263 g/mol. The molecule has 0 N–H and O–H groups in total. The molecule has 1 fully saturated rings. The van der Waals surface area contributed by atoms with Gasteiger partial charge in [-0.2, -0.15) is 0 Å². The number of benzene rings is 2. The molecule has 1 heterocycles. The molecule has 1 aliphatic heterocycles. The van der Waals surface area contributed by atoms with Crippen LogP contribution in [0.25, 0.3) is 10.8 Å². The molecule has 0 saturated carbocycles. The molecule has 1 saturated heterocycles. The van der Waals surface area contributed by atoms with Crippen molar-refractivity contribution in [1.82, 2.24) is 0 Å². The normalized spacial score (nSPS) is 19.9. The first kappa shape index (κ1) is 14.3. The monoisotopic (exact) mass is 282 g/mol. The summed E-state index contributed by atoms with van der Waals surface area (Å²) in [4.78, 5) is 10.9. The molecule has 0 spiro atoms. The van der Waals surface area contributed by atoms with Crippen molar-refractivity contribution >= 4 is 29.6 Å². The van der Waals surface area contributed by atoms with Crippen LogP contribution in [0, 0.1) is 0 Å². The Kier molecular flexibility index (Phi) is 3.19. The van der Waals surface area contributed by atoms with Crippen LogP contribution in [-0.2, 0) is 9.31 Å². The van der Waals surface area contributed by atoms with Gasteiger partial charge in [-0.25, -0.2) is 0 Å². The maximum Gasteiger partial charge on any atom is 0.495 e. The molecule has 2 aromatic carbocycles. The van der Waals surface area contributed by atoms with Crippen molar-refractivity contribution in [1.29, 1.82) is 0 Å². The number of rotatable bonds is 2. The van der Waals surface area contributed by atoms with E-state index < -0.39 is 0 Å². The van der Waals surface area contributed by atoms with Crippen LogP contribution >= 0.6 is 0 Å². The summed E-state index contributed by atoms with van der Waals surface area (Å²) in [7, 11) is -0.388. The third-order valence-electron chi connectivity index (χ3n) is 4.58. The van der Waals surface area contributed by atoms with Gasteiger partial charge in [-0.15, -0.1) is 0 Å². The number of fused-ring (bicyclic) bond motifs is 1. The molecule has 0 amide bonds. The first-order valence-electron chi connectivity index (χ1n) is 7.17. The zero-order chi connectivity index (χ0) is 15.3. The van der Waals surface area contributed by atoms with Gasteiger partial charge >= 0.3 is 7.12 Å². The highest BCUT2D eigenvalue weighted by Crippen LogP contribution is 2.37. The van der Waals surface area contributed by atoms with Crippen molar-refractivity contribution in [2.75, 3.05) is 0 Å². The lowest BCUT2D eigenvalue weighted by atomic mass is 9.76. The average molecular weight is 282 g/mol. The van der Waals surface area contributed by atoms with Crippen molar-refractivity contribution in [3.63, 3.8) is 0 Å². The SMILES string of the molecule is CC1(C)OB(c2cccc3cc(C=O)ccc23)OC1(C)C. The second kappa shape index (κ2) is 4.68. The van der Waals surface area contributed by atoms with Gasteiger partial charge in [-0.1, -0.05) is 30.3 Å². The van der Waals surface area contributed by atoms with Crippen molar-refractivity contribution in [2.45, 2.75) is 38.9 Å². The maximum atomic E-state index is 10.9. The van der Waals surface area contributed by atoms with E-state index in [2.05, 4.69) is 0 Å². The van der Waals surface area contributed by atoms with Gasteiger partial charge in [0, 0.05) is 5.56 Å². The minimum absolute atomic E-state index is 0.359. The highest BCUT2D eigenvalue weighted by Gasteiger charge is 2.52. The fraction of sp³-hybridized carbons (Fsp3) is 0.353. The summed E-state index contributed by atoms with van der Waals surface area (Å²) in [5.41, 5.74) is 0.961. The first-order valence-corrected chi connectivity index (χ1v) is 7.17. The summed E-state index contributed by atoms with van der Waals surface area (Å²) >= 11 is 0. The number of hydrogen-bond acceptors (Lipinski definition) is 3. The van der Waals surface area contributed by atoms with Gasteiger partial charge in [0.05, 0.1) is 11.2 Å². The van der Waals surface area contributed by atoms with E-state index in [9.17, 15) is 4.79 Å². The fourth-order valence-electron chi connectivity index (χ4n) is 2.58. The minimum atomic E-state index is -0.388. The van der Waals surface area contributed by atoms with E-state index in [4.69, 9.17) is 9.31 Å². The lowest BCUT2D eigenvalue weighted by Gasteiger charge is -2.32. The molecule has 0 aliphatic carbocycles. The summed E-state index contributed by atoms with van der Waals surface area (Å²) in [5.74, 6) is 0.